The summed E-state index contributed by atoms with van der Waals surface area (Å²) in [5, 5.41) is 5.90. The fourth-order valence-corrected chi connectivity index (χ4v) is 3.90. The van der Waals surface area contributed by atoms with Crippen molar-refractivity contribution in [2.24, 2.45) is 0 Å². The molecule has 0 radical (unpaired) electrons. The highest BCUT2D eigenvalue weighted by molar-refractivity contribution is 5.93. The first-order valence-corrected chi connectivity index (χ1v) is 10.6. The molecular weight excluding hydrogens is 384 g/mol. The molecule has 0 saturated carbocycles. The minimum Gasteiger partial charge on any atom is -0.491 e. The van der Waals surface area contributed by atoms with Crippen LogP contribution < -0.4 is 9.47 Å². The molecule has 2 aromatic heterocycles. The predicted octanol–water partition coefficient (Wildman–Crippen LogP) is 3.76. The van der Waals surface area contributed by atoms with Crippen molar-refractivity contribution in [1.82, 2.24) is 19.7 Å². The molecule has 1 aromatic carbocycles. The van der Waals surface area contributed by atoms with Crippen LogP contribution in [0.3, 0.4) is 0 Å². The van der Waals surface area contributed by atoms with Crippen LogP contribution in [0.25, 0.3) is 22.3 Å². The highest BCUT2D eigenvalue weighted by atomic mass is 16.5. The molecule has 158 valence electrons. The van der Waals surface area contributed by atoms with Gasteiger partial charge in [0.15, 0.2) is 6.23 Å². The highest BCUT2D eigenvalue weighted by Gasteiger charge is 2.23. The van der Waals surface area contributed by atoms with Crippen LogP contribution in [0.2, 0.25) is 0 Å². The van der Waals surface area contributed by atoms with Gasteiger partial charge in [0.05, 0.1) is 30.5 Å². The normalized spacial score (nSPS) is 22.7. The number of fused-ring (bicyclic) bond motifs is 4. The van der Waals surface area contributed by atoms with Gasteiger partial charge in [-0.15, -0.1) is 0 Å². The van der Waals surface area contributed by atoms with Crippen LogP contribution in [0, 0.1) is 0 Å². The van der Waals surface area contributed by atoms with E-state index in [-0.39, 0.29) is 12.3 Å². The van der Waals surface area contributed by atoms with E-state index in [1.807, 2.05) is 22.9 Å². The average molecular weight is 410 g/mol. The van der Waals surface area contributed by atoms with E-state index >= 15 is 0 Å². The number of rotatable bonds is 1. The third-order valence-electron chi connectivity index (χ3n) is 5.45. The molecule has 8 nitrogen and oxygen atoms in total. The van der Waals surface area contributed by atoms with Crippen molar-refractivity contribution in [2.45, 2.75) is 44.9 Å². The summed E-state index contributed by atoms with van der Waals surface area (Å²) in [4.78, 5) is 8.82. The van der Waals surface area contributed by atoms with Crippen molar-refractivity contribution in [3.63, 3.8) is 0 Å². The Labute approximate surface area is 175 Å². The van der Waals surface area contributed by atoms with Crippen LogP contribution in [0.15, 0.2) is 30.5 Å². The molecule has 5 rings (SSSR count). The van der Waals surface area contributed by atoms with Crippen LogP contribution in [0.1, 0.15) is 38.8 Å². The molecule has 4 bridgehead atoms. The second-order valence-corrected chi connectivity index (χ2v) is 7.70. The molecule has 4 heterocycles. The van der Waals surface area contributed by atoms with Crippen LogP contribution >= 0.6 is 0 Å². The van der Waals surface area contributed by atoms with Crippen molar-refractivity contribution < 1.29 is 18.9 Å². The van der Waals surface area contributed by atoms with E-state index in [0.29, 0.717) is 31.5 Å². The van der Waals surface area contributed by atoms with Crippen molar-refractivity contribution in [3.8, 4) is 23.1 Å². The van der Waals surface area contributed by atoms with Crippen LogP contribution in [-0.2, 0) is 9.47 Å². The molecule has 30 heavy (non-hydrogen) atoms. The molecule has 1 saturated heterocycles. The standard InChI is InChI=1S/C22H26N4O4/c1-15-8-11-27-12-13-29-22-23-9-7-18(24-22)21-17-14-16(30-15)5-6-19(17)26(25-21)20-4-2-3-10-28-20/h5-7,9,14-15,20H,2-4,8,10-13H2,1H3/t15-,20?/m1/s1. The lowest BCUT2D eigenvalue weighted by atomic mass is 10.1. The molecule has 0 N–H and O–H groups in total. The Morgan fingerprint density at radius 1 is 1.03 bits per heavy atom. The van der Waals surface area contributed by atoms with Gasteiger partial charge in [0, 0.05) is 24.6 Å². The Bertz CT molecular complexity index is 1020. The zero-order valence-corrected chi connectivity index (χ0v) is 17.1. The average Bonchev–Trinajstić information content (AvgIpc) is 3.15. The van der Waals surface area contributed by atoms with Crippen LogP contribution in [-0.4, -0.2) is 52.3 Å². The molecule has 3 aromatic rings. The summed E-state index contributed by atoms with van der Waals surface area (Å²) >= 11 is 0. The lowest BCUT2D eigenvalue weighted by Crippen LogP contribution is -2.19. The van der Waals surface area contributed by atoms with Gasteiger partial charge in [-0.2, -0.15) is 10.1 Å². The summed E-state index contributed by atoms with van der Waals surface area (Å²) in [7, 11) is 0. The van der Waals surface area contributed by atoms with Crippen molar-refractivity contribution >= 4 is 10.9 Å². The molecule has 1 unspecified atom stereocenters. The van der Waals surface area contributed by atoms with Gasteiger partial charge in [0.25, 0.3) is 0 Å². The fraction of sp³-hybridized carbons (Fsp3) is 0.500. The van der Waals surface area contributed by atoms with E-state index in [0.717, 1.165) is 54.6 Å². The van der Waals surface area contributed by atoms with E-state index in [2.05, 4.69) is 23.0 Å². The Morgan fingerprint density at radius 3 is 2.90 bits per heavy atom. The fourth-order valence-electron chi connectivity index (χ4n) is 3.90. The first-order chi connectivity index (χ1) is 14.8. The maximum absolute atomic E-state index is 6.15. The summed E-state index contributed by atoms with van der Waals surface area (Å²) in [5.41, 5.74) is 2.49. The maximum Gasteiger partial charge on any atom is 0.317 e. The van der Waals surface area contributed by atoms with Gasteiger partial charge in [-0.05, 0) is 50.5 Å². The van der Waals surface area contributed by atoms with Crippen molar-refractivity contribution in [3.05, 3.63) is 30.5 Å². The van der Waals surface area contributed by atoms with E-state index in [1.54, 1.807) is 6.20 Å². The topological polar surface area (TPSA) is 80.5 Å². The minimum absolute atomic E-state index is 0.0366. The molecule has 1 fully saturated rings. The van der Waals surface area contributed by atoms with E-state index < -0.39 is 0 Å². The van der Waals surface area contributed by atoms with Gasteiger partial charge < -0.3 is 18.9 Å². The summed E-state index contributed by atoms with van der Waals surface area (Å²) < 4.78 is 25.5. The first kappa shape index (κ1) is 19.3. The van der Waals surface area contributed by atoms with Gasteiger partial charge in [-0.1, -0.05) is 0 Å². The highest BCUT2D eigenvalue weighted by Crippen LogP contribution is 2.34. The Hall–Kier alpha value is -2.71. The van der Waals surface area contributed by atoms with Gasteiger partial charge in [0.1, 0.15) is 18.1 Å². The number of hydrogen-bond acceptors (Lipinski definition) is 7. The third kappa shape index (κ3) is 3.97. The second kappa shape index (κ2) is 8.57. The van der Waals surface area contributed by atoms with Crippen molar-refractivity contribution in [1.29, 1.82) is 0 Å². The molecule has 0 aliphatic carbocycles. The van der Waals surface area contributed by atoms with E-state index in [4.69, 9.17) is 24.0 Å². The van der Waals surface area contributed by atoms with Gasteiger partial charge in [-0.3, -0.25) is 0 Å². The number of benzene rings is 1. The summed E-state index contributed by atoms with van der Waals surface area (Å²) in [6, 6.07) is 8.27. The molecule has 8 heteroatoms. The maximum atomic E-state index is 6.15. The summed E-state index contributed by atoms with van der Waals surface area (Å²) in [5.74, 6) is 0.806. The van der Waals surface area contributed by atoms with E-state index in [1.165, 1.54) is 0 Å². The lowest BCUT2D eigenvalue weighted by molar-refractivity contribution is -0.0365. The summed E-state index contributed by atoms with van der Waals surface area (Å²) in [6.45, 7) is 4.29. The molecule has 0 amide bonds. The third-order valence-corrected chi connectivity index (χ3v) is 5.45. The largest absolute Gasteiger partial charge is 0.491 e. The zero-order valence-electron chi connectivity index (χ0n) is 17.1. The molecular formula is C22H26N4O4. The number of ether oxygens (including phenoxy) is 4. The predicted molar refractivity (Wildman–Crippen MR) is 111 cm³/mol. The Morgan fingerprint density at radius 2 is 2.00 bits per heavy atom. The smallest absolute Gasteiger partial charge is 0.317 e. The van der Waals surface area contributed by atoms with Gasteiger partial charge in [-0.25, -0.2) is 9.67 Å². The zero-order chi connectivity index (χ0) is 20.3. The number of aromatic nitrogens is 4. The quantitative estimate of drug-likeness (QED) is 0.604. The monoisotopic (exact) mass is 410 g/mol. The number of nitrogens with zero attached hydrogens (tertiary/aromatic N) is 4. The van der Waals surface area contributed by atoms with Gasteiger partial charge in [0.2, 0.25) is 0 Å². The molecule has 0 spiro atoms. The second-order valence-electron chi connectivity index (χ2n) is 7.70. The van der Waals surface area contributed by atoms with Gasteiger partial charge >= 0.3 is 6.01 Å². The molecule has 2 atom stereocenters. The molecule has 2 aliphatic rings. The summed E-state index contributed by atoms with van der Waals surface area (Å²) in [6.07, 6.45) is 5.63. The van der Waals surface area contributed by atoms with Crippen LogP contribution in [0.5, 0.6) is 11.8 Å². The minimum atomic E-state index is -0.0685. The van der Waals surface area contributed by atoms with Crippen LogP contribution in [0.4, 0.5) is 0 Å². The van der Waals surface area contributed by atoms with Crippen molar-refractivity contribution in [2.75, 3.05) is 26.4 Å². The SMILES string of the molecule is C[C@@H]1CCOCCOc2nccc(n2)-c2nn(C3CCCCO3)c3ccc(cc23)O1. The Kier molecular flexibility index (Phi) is 5.50. The first-order valence-electron chi connectivity index (χ1n) is 10.6. The molecule has 2 aliphatic heterocycles. The lowest BCUT2D eigenvalue weighted by Gasteiger charge is -2.23. The number of hydrogen-bond donors (Lipinski definition) is 0. The Balaban J connectivity index is 1.63. The van der Waals surface area contributed by atoms with E-state index in [9.17, 15) is 0 Å².